The molecule has 2 aromatic heterocycles. The molecule has 1 aliphatic carbocycles. The Labute approximate surface area is 107 Å². The van der Waals surface area contributed by atoms with Gasteiger partial charge in [-0.05, 0) is 18.4 Å². The second kappa shape index (κ2) is 5.38. The Morgan fingerprint density at radius 1 is 1.22 bits per heavy atom. The minimum absolute atomic E-state index is 0.913. The van der Waals surface area contributed by atoms with Crippen molar-refractivity contribution in [2.24, 2.45) is 5.92 Å². The van der Waals surface area contributed by atoms with E-state index < -0.39 is 0 Å². The Kier molecular flexibility index (Phi) is 3.44. The fourth-order valence-electron chi connectivity index (χ4n) is 2.86. The summed E-state index contributed by atoms with van der Waals surface area (Å²) in [7, 11) is 0. The summed E-state index contributed by atoms with van der Waals surface area (Å²) in [6, 6.07) is 2.00. The van der Waals surface area contributed by atoms with Gasteiger partial charge in [0, 0.05) is 18.9 Å². The molecule has 0 unspecified atom stereocenters. The van der Waals surface area contributed by atoms with Gasteiger partial charge in [0.25, 0.3) is 0 Å². The highest BCUT2D eigenvalue weighted by molar-refractivity contribution is 5.66. The van der Waals surface area contributed by atoms with Crippen LogP contribution in [0.25, 0.3) is 5.52 Å². The number of nitrogens with zero attached hydrogens (tertiary/aromatic N) is 3. The number of fused-ring (bicyclic) bond motifs is 1. The first-order chi connectivity index (χ1) is 8.93. The zero-order valence-electron chi connectivity index (χ0n) is 10.7. The van der Waals surface area contributed by atoms with Crippen LogP contribution < -0.4 is 5.32 Å². The summed E-state index contributed by atoms with van der Waals surface area (Å²) in [4.78, 5) is 4.39. The molecule has 3 rings (SSSR count). The second-order valence-electron chi connectivity index (χ2n) is 5.16. The van der Waals surface area contributed by atoms with Gasteiger partial charge in [-0.25, -0.2) is 9.50 Å². The molecule has 0 aromatic carbocycles. The monoisotopic (exact) mass is 244 g/mol. The van der Waals surface area contributed by atoms with Gasteiger partial charge >= 0.3 is 0 Å². The highest BCUT2D eigenvalue weighted by atomic mass is 15.2. The molecule has 0 atom stereocenters. The van der Waals surface area contributed by atoms with Crippen molar-refractivity contribution >= 4 is 11.3 Å². The molecule has 0 amide bonds. The first-order valence-electron chi connectivity index (χ1n) is 6.96. The van der Waals surface area contributed by atoms with E-state index in [2.05, 4.69) is 15.4 Å². The Bertz CT molecular complexity index is 499. The van der Waals surface area contributed by atoms with E-state index in [0.717, 1.165) is 23.8 Å². The number of hydrogen-bond acceptors (Lipinski definition) is 3. The Morgan fingerprint density at radius 2 is 2.11 bits per heavy atom. The van der Waals surface area contributed by atoms with Gasteiger partial charge in [-0.1, -0.05) is 32.1 Å². The predicted octanol–water partition coefficient (Wildman–Crippen LogP) is 3.11. The maximum absolute atomic E-state index is 4.39. The summed E-state index contributed by atoms with van der Waals surface area (Å²) in [5.41, 5.74) is 1.06. The molecule has 0 radical (unpaired) electrons. The number of rotatable bonds is 4. The molecule has 0 bridgehead atoms. The third kappa shape index (κ3) is 2.47. The Hall–Kier alpha value is -1.58. The topological polar surface area (TPSA) is 42.2 Å². The molecule has 0 spiro atoms. The Balaban J connectivity index is 1.57. The Morgan fingerprint density at radius 3 is 3.00 bits per heavy atom. The molecular formula is C14H20N4. The molecule has 2 heterocycles. The van der Waals surface area contributed by atoms with E-state index in [9.17, 15) is 0 Å². The van der Waals surface area contributed by atoms with Crippen LogP contribution in [0.5, 0.6) is 0 Å². The van der Waals surface area contributed by atoms with Crippen LogP contribution in [-0.2, 0) is 0 Å². The number of nitrogens with one attached hydrogen (secondary N) is 1. The van der Waals surface area contributed by atoms with E-state index in [1.54, 1.807) is 6.20 Å². The maximum atomic E-state index is 4.39. The van der Waals surface area contributed by atoms with E-state index in [-0.39, 0.29) is 0 Å². The van der Waals surface area contributed by atoms with Crippen LogP contribution >= 0.6 is 0 Å². The van der Waals surface area contributed by atoms with Crippen molar-refractivity contribution in [3.63, 3.8) is 0 Å². The van der Waals surface area contributed by atoms with Crippen molar-refractivity contribution in [3.8, 4) is 0 Å². The normalized spacial score (nSPS) is 17.1. The quantitative estimate of drug-likeness (QED) is 0.898. The average Bonchev–Trinajstić information content (AvgIpc) is 2.89. The minimum Gasteiger partial charge on any atom is -0.368 e. The highest BCUT2D eigenvalue weighted by Gasteiger charge is 2.13. The van der Waals surface area contributed by atoms with Gasteiger partial charge in [-0.15, -0.1) is 0 Å². The van der Waals surface area contributed by atoms with Gasteiger partial charge in [0.1, 0.15) is 5.52 Å². The summed E-state index contributed by atoms with van der Waals surface area (Å²) < 4.78 is 1.86. The molecule has 0 saturated heterocycles. The molecule has 2 aromatic rings. The number of aromatic nitrogens is 3. The van der Waals surface area contributed by atoms with Crippen molar-refractivity contribution in [1.82, 2.24) is 14.6 Å². The molecule has 96 valence electrons. The lowest BCUT2D eigenvalue weighted by atomic mass is 9.87. The van der Waals surface area contributed by atoms with Crippen LogP contribution in [0, 0.1) is 5.92 Å². The second-order valence-corrected chi connectivity index (χ2v) is 5.16. The summed E-state index contributed by atoms with van der Waals surface area (Å²) in [6.07, 6.45) is 13.8. The molecular weight excluding hydrogens is 224 g/mol. The first-order valence-corrected chi connectivity index (χ1v) is 6.96. The predicted molar refractivity (Wildman–Crippen MR) is 72.7 cm³/mol. The van der Waals surface area contributed by atoms with Crippen LogP contribution in [0.1, 0.15) is 38.5 Å². The van der Waals surface area contributed by atoms with Crippen molar-refractivity contribution < 1.29 is 0 Å². The van der Waals surface area contributed by atoms with E-state index in [1.165, 1.54) is 38.5 Å². The zero-order valence-corrected chi connectivity index (χ0v) is 10.7. The first kappa shape index (κ1) is 11.5. The molecule has 1 N–H and O–H groups in total. The zero-order chi connectivity index (χ0) is 12.2. The fraction of sp³-hybridized carbons (Fsp3) is 0.571. The van der Waals surface area contributed by atoms with Gasteiger partial charge in [0.15, 0.2) is 5.82 Å². The number of hydrogen-bond donors (Lipinski definition) is 1. The van der Waals surface area contributed by atoms with Crippen molar-refractivity contribution in [1.29, 1.82) is 0 Å². The van der Waals surface area contributed by atoms with E-state index in [1.807, 2.05) is 23.0 Å². The largest absolute Gasteiger partial charge is 0.368 e. The maximum Gasteiger partial charge on any atom is 0.152 e. The molecule has 18 heavy (non-hydrogen) atoms. The summed E-state index contributed by atoms with van der Waals surface area (Å²) in [6.45, 7) is 1.02. The van der Waals surface area contributed by atoms with Gasteiger partial charge in [0.2, 0.25) is 0 Å². The molecule has 4 heteroatoms. The lowest BCUT2D eigenvalue weighted by molar-refractivity contribution is 0.345. The van der Waals surface area contributed by atoms with Crippen molar-refractivity contribution in [2.45, 2.75) is 38.5 Å². The highest BCUT2D eigenvalue weighted by Crippen LogP contribution is 2.26. The standard InChI is InChI=1S/C14H20N4/c1-2-4-12(5-3-1)6-8-15-14-13-7-9-17-18(13)11-10-16-14/h7,9-12H,1-6,8H2,(H,15,16). The van der Waals surface area contributed by atoms with Crippen LogP contribution in [0.4, 0.5) is 5.82 Å². The summed E-state index contributed by atoms with van der Waals surface area (Å²) >= 11 is 0. The van der Waals surface area contributed by atoms with Gasteiger partial charge in [0.05, 0.1) is 6.20 Å². The third-order valence-electron chi connectivity index (χ3n) is 3.89. The lowest BCUT2D eigenvalue weighted by Crippen LogP contribution is -2.13. The van der Waals surface area contributed by atoms with Gasteiger partial charge in [-0.2, -0.15) is 5.10 Å². The van der Waals surface area contributed by atoms with E-state index >= 15 is 0 Å². The summed E-state index contributed by atoms with van der Waals surface area (Å²) in [5.74, 6) is 1.86. The summed E-state index contributed by atoms with van der Waals surface area (Å²) in [5, 5.41) is 7.66. The van der Waals surface area contributed by atoms with Crippen LogP contribution in [0.15, 0.2) is 24.7 Å². The van der Waals surface area contributed by atoms with Gasteiger partial charge in [-0.3, -0.25) is 0 Å². The van der Waals surface area contributed by atoms with Gasteiger partial charge < -0.3 is 5.32 Å². The van der Waals surface area contributed by atoms with Crippen molar-refractivity contribution in [2.75, 3.05) is 11.9 Å². The molecule has 4 nitrogen and oxygen atoms in total. The van der Waals surface area contributed by atoms with Crippen LogP contribution in [0.3, 0.4) is 0 Å². The van der Waals surface area contributed by atoms with Crippen LogP contribution in [-0.4, -0.2) is 21.1 Å². The SMILES string of the molecule is c1cn2nccc2c(NCCC2CCCCC2)n1. The van der Waals surface area contributed by atoms with E-state index in [4.69, 9.17) is 0 Å². The molecule has 1 fully saturated rings. The molecule has 0 aliphatic heterocycles. The smallest absolute Gasteiger partial charge is 0.152 e. The third-order valence-corrected chi connectivity index (χ3v) is 3.89. The molecule has 1 aliphatic rings. The van der Waals surface area contributed by atoms with E-state index in [0.29, 0.717) is 0 Å². The van der Waals surface area contributed by atoms with Crippen LogP contribution in [0.2, 0.25) is 0 Å². The fourth-order valence-corrected chi connectivity index (χ4v) is 2.86. The lowest BCUT2D eigenvalue weighted by Gasteiger charge is -2.21. The average molecular weight is 244 g/mol. The molecule has 1 saturated carbocycles. The minimum atomic E-state index is 0.913. The number of anilines is 1. The van der Waals surface area contributed by atoms with Crippen molar-refractivity contribution in [3.05, 3.63) is 24.7 Å².